The Bertz CT molecular complexity index is 652. The van der Waals surface area contributed by atoms with Crippen LogP contribution in [0.15, 0.2) is 48.5 Å². The molecule has 2 nitrogen and oxygen atoms in total. The Balaban J connectivity index is 0. The molecule has 0 spiro atoms. The van der Waals surface area contributed by atoms with Crippen LogP contribution >= 0.6 is 0 Å². The van der Waals surface area contributed by atoms with Gasteiger partial charge in [0.05, 0.1) is 0 Å². The highest BCUT2D eigenvalue weighted by Gasteiger charge is 2.37. The number of para-hydroxylation sites is 1. The molecule has 2 atom stereocenters. The first kappa shape index (κ1) is 31.3. The predicted molar refractivity (Wildman–Crippen MR) is 138 cm³/mol. The van der Waals surface area contributed by atoms with Gasteiger partial charge in [0, 0.05) is 30.3 Å². The number of hydrogen-bond acceptors (Lipinski definition) is 2. The second-order valence-corrected chi connectivity index (χ2v) is 7.15. The lowest BCUT2D eigenvalue weighted by molar-refractivity contribution is 0.318. The van der Waals surface area contributed by atoms with Crippen LogP contribution in [0.4, 0.5) is 10.1 Å². The van der Waals surface area contributed by atoms with Crippen LogP contribution in [0.5, 0.6) is 0 Å². The summed E-state index contributed by atoms with van der Waals surface area (Å²) in [5, 5.41) is 7.57. The zero-order valence-electron chi connectivity index (χ0n) is 21.7. The van der Waals surface area contributed by atoms with E-state index in [0.717, 1.165) is 0 Å². The number of halogens is 1. The van der Waals surface area contributed by atoms with Gasteiger partial charge in [-0.1, -0.05) is 84.7 Å². The average Bonchev–Trinajstić information content (AvgIpc) is 3.10. The fourth-order valence-electron chi connectivity index (χ4n) is 3.50. The van der Waals surface area contributed by atoms with Crippen molar-refractivity contribution >= 4 is 5.69 Å². The van der Waals surface area contributed by atoms with Gasteiger partial charge in [0.15, 0.2) is 0 Å². The van der Waals surface area contributed by atoms with Crippen molar-refractivity contribution in [1.82, 2.24) is 0 Å². The molecule has 0 saturated carbocycles. The SMILES string of the molecule is CC.CC.CC(C)N1c2ccccc2C(c2ccc(F)cc2)C1C.CCCC.CCO. The van der Waals surface area contributed by atoms with E-state index < -0.39 is 0 Å². The maximum atomic E-state index is 13.2. The Labute approximate surface area is 192 Å². The molecule has 3 heteroatoms. The van der Waals surface area contributed by atoms with Crippen LogP contribution in [-0.2, 0) is 0 Å². The van der Waals surface area contributed by atoms with E-state index in [1.807, 2.05) is 39.8 Å². The summed E-state index contributed by atoms with van der Waals surface area (Å²) < 4.78 is 13.2. The molecular formula is C28H48FNO. The Hall–Kier alpha value is -1.87. The Morgan fingerprint density at radius 3 is 1.74 bits per heavy atom. The van der Waals surface area contributed by atoms with E-state index in [0.29, 0.717) is 18.0 Å². The van der Waals surface area contributed by atoms with E-state index in [1.54, 1.807) is 19.1 Å². The molecule has 0 radical (unpaired) electrons. The molecule has 0 fully saturated rings. The standard InChI is InChI=1S/C18H20FN.C4H10.C2H6O.2C2H6/c1-12(2)20-13(3)18(14-8-10-15(19)11-9-14)16-6-4-5-7-17(16)20;1-3-4-2;1-2-3;2*1-2/h4-13,18H,1-3H3;3-4H2,1-2H3;3H,2H2,1H3;2*1-2H3. The van der Waals surface area contributed by atoms with Gasteiger partial charge < -0.3 is 10.0 Å². The zero-order chi connectivity index (χ0) is 24.4. The number of aliphatic hydroxyl groups is 1. The minimum absolute atomic E-state index is 0.173. The van der Waals surface area contributed by atoms with Crippen molar-refractivity contribution in [2.45, 2.75) is 100 Å². The topological polar surface area (TPSA) is 23.5 Å². The third-order valence-corrected chi connectivity index (χ3v) is 4.76. The van der Waals surface area contributed by atoms with Gasteiger partial charge in [-0.25, -0.2) is 4.39 Å². The maximum absolute atomic E-state index is 13.2. The lowest BCUT2D eigenvalue weighted by Crippen LogP contribution is -2.37. The third kappa shape index (κ3) is 9.86. The molecule has 31 heavy (non-hydrogen) atoms. The first-order valence-corrected chi connectivity index (χ1v) is 12.2. The highest BCUT2D eigenvalue weighted by Crippen LogP contribution is 2.45. The molecule has 0 saturated heterocycles. The van der Waals surface area contributed by atoms with Gasteiger partial charge in [-0.3, -0.25) is 0 Å². The summed E-state index contributed by atoms with van der Waals surface area (Å²) in [5.74, 6) is 0.141. The normalized spacial score (nSPS) is 15.7. The molecule has 3 rings (SSSR count). The first-order chi connectivity index (χ1) is 14.9. The number of rotatable bonds is 3. The molecule has 2 unspecified atom stereocenters. The van der Waals surface area contributed by atoms with E-state index >= 15 is 0 Å². The summed E-state index contributed by atoms with van der Waals surface area (Å²) in [6.45, 7) is 21.0. The van der Waals surface area contributed by atoms with Crippen molar-refractivity contribution < 1.29 is 9.50 Å². The van der Waals surface area contributed by atoms with Crippen LogP contribution < -0.4 is 4.90 Å². The summed E-state index contributed by atoms with van der Waals surface area (Å²) in [4.78, 5) is 2.46. The van der Waals surface area contributed by atoms with Crippen molar-refractivity contribution in [2.75, 3.05) is 11.5 Å². The summed E-state index contributed by atoms with van der Waals surface area (Å²) in [6.07, 6.45) is 2.64. The molecule has 0 bridgehead atoms. The largest absolute Gasteiger partial charge is 0.397 e. The maximum Gasteiger partial charge on any atom is 0.123 e. The summed E-state index contributed by atoms with van der Waals surface area (Å²) >= 11 is 0. The molecule has 178 valence electrons. The minimum Gasteiger partial charge on any atom is -0.397 e. The lowest BCUT2D eigenvalue weighted by Gasteiger charge is -2.31. The van der Waals surface area contributed by atoms with E-state index in [4.69, 9.17) is 5.11 Å². The molecule has 1 aliphatic heterocycles. The third-order valence-electron chi connectivity index (χ3n) is 4.76. The highest BCUT2D eigenvalue weighted by atomic mass is 19.1. The molecule has 0 aliphatic carbocycles. The molecule has 0 amide bonds. The van der Waals surface area contributed by atoms with Gasteiger partial charge in [0.1, 0.15) is 5.82 Å². The van der Waals surface area contributed by atoms with Crippen molar-refractivity contribution in [2.24, 2.45) is 0 Å². The lowest BCUT2D eigenvalue weighted by atomic mass is 9.88. The smallest absolute Gasteiger partial charge is 0.123 e. The minimum atomic E-state index is -0.173. The van der Waals surface area contributed by atoms with E-state index in [2.05, 4.69) is 63.8 Å². The number of fused-ring (bicyclic) bond motifs is 1. The van der Waals surface area contributed by atoms with Gasteiger partial charge in [0.2, 0.25) is 0 Å². The van der Waals surface area contributed by atoms with E-state index in [-0.39, 0.29) is 12.4 Å². The van der Waals surface area contributed by atoms with Gasteiger partial charge >= 0.3 is 0 Å². The Morgan fingerprint density at radius 1 is 0.871 bits per heavy atom. The number of aliphatic hydroxyl groups excluding tert-OH is 1. The van der Waals surface area contributed by atoms with E-state index in [9.17, 15) is 4.39 Å². The van der Waals surface area contributed by atoms with Gasteiger partial charge in [0.25, 0.3) is 0 Å². The highest BCUT2D eigenvalue weighted by molar-refractivity contribution is 5.64. The number of hydrogen-bond donors (Lipinski definition) is 1. The van der Waals surface area contributed by atoms with Crippen molar-refractivity contribution in [3.8, 4) is 0 Å². The first-order valence-electron chi connectivity index (χ1n) is 12.2. The Morgan fingerprint density at radius 2 is 1.32 bits per heavy atom. The number of unbranched alkanes of at least 4 members (excludes halogenated alkanes) is 1. The molecule has 1 aliphatic rings. The Kier molecular flexibility index (Phi) is 19.1. The monoisotopic (exact) mass is 433 g/mol. The van der Waals surface area contributed by atoms with Gasteiger partial charge in [-0.15, -0.1) is 0 Å². The fourth-order valence-corrected chi connectivity index (χ4v) is 3.50. The molecule has 2 aromatic rings. The number of anilines is 1. The average molecular weight is 434 g/mol. The second-order valence-electron chi connectivity index (χ2n) is 7.15. The molecule has 1 heterocycles. The molecular weight excluding hydrogens is 385 g/mol. The van der Waals surface area contributed by atoms with Crippen LogP contribution in [0.25, 0.3) is 0 Å². The van der Waals surface area contributed by atoms with Crippen LogP contribution in [0.2, 0.25) is 0 Å². The van der Waals surface area contributed by atoms with Crippen LogP contribution in [0, 0.1) is 5.82 Å². The van der Waals surface area contributed by atoms with Crippen LogP contribution in [-0.4, -0.2) is 23.8 Å². The van der Waals surface area contributed by atoms with Crippen molar-refractivity contribution in [3.63, 3.8) is 0 Å². The second kappa shape index (κ2) is 18.9. The summed E-state index contributed by atoms with van der Waals surface area (Å²) in [5.41, 5.74) is 3.85. The van der Waals surface area contributed by atoms with Crippen molar-refractivity contribution in [3.05, 3.63) is 65.5 Å². The van der Waals surface area contributed by atoms with Crippen LogP contribution in [0.1, 0.15) is 99.1 Å². The van der Waals surface area contributed by atoms with Gasteiger partial charge in [-0.05, 0) is 57.0 Å². The quantitative estimate of drug-likeness (QED) is 0.525. The fraction of sp³-hybridized carbons (Fsp3) is 0.571. The molecule has 2 aromatic carbocycles. The van der Waals surface area contributed by atoms with Crippen molar-refractivity contribution in [1.29, 1.82) is 0 Å². The number of nitrogens with zero attached hydrogens (tertiary/aromatic N) is 1. The van der Waals surface area contributed by atoms with Crippen LogP contribution in [0.3, 0.4) is 0 Å². The van der Waals surface area contributed by atoms with Gasteiger partial charge in [-0.2, -0.15) is 0 Å². The molecule has 1 N–H and O–H groups in total. The molecule has 0 aromatic heterocycles. The van der Waals surface area contributed by atoms with E-state index in [1.165, 1.54) is 29.7 Å². The zero-order valence-corrected chi connectivity index (χ0v) is 21.7. The number of benzene rings is 2. The predicted octanol–water partition coefficient (Wildman–Crippen LogP) is 8.43. The summed E-state index contributed by atoms with van der Waals surface area (Å²) in [6, 6.07) is 16.4. The summed E-state index contributed by atoms with van der Waals surface area (Å²) in [7, 11) is 0.